The van der Waals surface area contributed by atoms with Crippen LogP contribution in [0.3, 0.4) is 0 Å². The van der Waals surface area contributed by atoms with Crippen molar-refractivity contribution >= 4 is 27.4 Å². The van der Waals surface area contributed by atoms with Crippen molar-refractivity contribution in [2.24, 2.45) is 0 Å². The molecule has 4 heteroatoms. The second kappa shape index (κ2) is 6.90. The average molecular weight is 314 g/mol. The van der Waals surface area contributed by atoms with Gasteiger partial charge in [0.1, 0.15) is 0 Å². The van der Waals surface area contributed by atoms with E-state index in [0.29, 0.717) is 6.61 Å². The molecular weight excluding hydrogens is 294 g/mol. The first-order chi connectivity index (χ1) is 8.41. The van der Waals surface area contributed by atoms with Crippen molar-refractivity contribution in [3.05, 3.63) is 28.2 Å². The molecule has 0 fully saturated rings. The van der Waals surface area contributed by atoms with Crippen LogP contribution in [0.25, 0.3) is 0 Å². The Kier molecular flexibility index (Phi) is 5.82. The van der Waals surface area contributed by atoms with E-state index in [1.807, 2.05) is 44.0 Å². The molecule has 0 heterocycles. The van der Waals surface area contributed by atoms with Crippen molar-refractivity contribution in [1.82, 2.24) is 0 Å². The molecule has 18 heavy (non-hydrogen) atoms. The molecule has 0 unspecified atom stereocenters. The highest BCUT2D eigenvalue weighted by molar-refractivity contribution is 9.10. The topological polar surface area (TPSA) is 29.5 Å². The molecule has 1 aromatic carbocycles. The van der Waals surface area contributed by atoms with Crippen LogP contribution in [0, 0.1) is 0 Å². The summed E-state index contributed by atoms with van der Waals surface area (Å²) in [6.45, 7) is 7.03. The summed E-state index contributed by atoms with van der Waals surface area (Å²) < 4.78 is 6.50. The lowest BCUT2D eigenvalue weighted by molar-refractivity contribution is 0.0845. The van der Waals surface area contributed by atoms with Crippen LogP contribution >= 0.6 is 15.9 Å². The van der Waals surface area contributed by atoms with Gasteiger partial charge in [0.2, 0.25) is 0 Å². The van der Waals surface area contributed by atoms with E-state index in [4.69, 9.17) is 4.74 Å². The summed E-state index contributed by atoms with van der Waals surface area (Å²) >= 11 is 3.44. The van der Waals surface area contributed by atoms with Crippen molar-refractivity contribution in [3.63, 3.8) is 0 Å². The molecule has 0 spiro atoms. The van der Waals surface area contributed by atoms with Crippen LogP contribution in [-0.2, 0) is 4.74 Å². The van der Waals surface area contributed by atoms with Gasteiger partial charge in [-0.05, 0) is 39.0 Å². The van der Waals surface area contributed by atoms with Crippen molar-refractivity contribution in [3.8, 4) is 0 Å². The molecule has 0 aliphatic carbocycles. The third-order valence-corrected chi connectivity index (χ3v) is 3.12. The van der Waals surface area contributed by atoms with E-state index >= 15 is 0 Å². The quantitative estimate of drug-likeness (QED) is 0.753. The van der Waals surface area contributed by atoms with Crippen molar-refractivity contribution < 1.29 is 9.53 Å². The van der Waals surface area contributed by atoms with Crippen LogP contribution in [0.15, 0.2) is 22.7 Å². The Balaban J connectivity index is 2.80. The standard InChI is InChI=1S/C14H20BrNO2/c1-10(2)18-8-7-16(4)14-9-12(15)5-6-13(14)11(3)17/h5-6,9-10H,7-8H2,1-4H3. The van der Waals surface area contributed by atoms with E-state index in [1.165, 1.54) is 0 Å². The highest BCUT2D eigenvalue weighted by Gasteiger charge is 2.11. The molecule has 1 rings (SSSR count). The normalized spacial score (nSPS) is 10.8. The molecule has 0 amide bonds. The van der Waals surface area contributed by atoms with Crippen LogP contribution < -0.4 is 4.90 Å². The van der Waals surface area contributed by atoms with E-state index < -0.39 is 0 Å². The van der Waals surface area contributed by atoms with E-state index in [-0.39, 0.29) is 11.9 Å². The number of hydrogen-bond donors (Lipinski definition) is 0. The lowest BCUT2D eigenvalue weighted by Gasteiger charge is -2.22. The molecule has 0 aromatic heterocycles. The Morgan fingerprint density at radius 2 is 2.11 bits per heavy atom. The van der Waals surface area contributed by atoms with Gasteiger partial charge >= 0.3 is 0 Å². The summed E-state index contributed by atoms with van der Waals surface area (Å²) in [6, 6.07) is 5.70. The predicted molar refractivity (Wildman–Crippen MR) is 78.5 cm³/mol. The summed E-state index contributed by atoms with van der Waals surface area (Å²) in [4.78, 5) is 13.6. The summed E-state index contributed by atoms with van der Waals surface area (Å²) in [6.07, 6.45) is 0.230. The summed E-state index contributed by atoms with van der Waals surface area (Å²) in [7, 11) is 1.97. The minimum absolute atomic E-state index is 0.0779. The van der Waals surface area contributed by atoms with E-state index in [9.17, 15) is 4.79 Å². The SMILES string of the molecule is CC(=O)c1ccc(Br)cc1N(C)CCOC(C)C. The second-order valence-corrected chi connectivity index (χ2v) is 5.47. The number of ketones is 1. The fourth-order valence-electron chi connectivity index (χ4n) is 1.66. The number of carbonyl (C=O) groups is 1. The number of ether oxygens (including phenoxy) is 1. The Morgan fingerprint density at radius 1 is 1.44 bits per heavy atom. The molecule has 0 saturated carbocycles. The molecule has 0 saturated heterocycles. The van der Waals surface area contributed by atoms with Gasteiger partial charge in [-0.25, -0.2) is 0 Å². The zero-order chi connectivity index (χ0) is 13.7. The van der Waals surface area contributed by atoms with Crippen LogP contribution in [0.2, 0.25) is 0 Å². The highest BCUT2D eigenvalue weighted by atomic mass is 79.9. The fourth-order valence-corrected chi connectivity index (χ4v) is 2.01. The van der Waals surface area contributed by atoms with Crippen LogP contribution in [0.5, 0.6) is 0 Å². The zero-order valence-electron chi connectivity index (χ0n) is 11.4. The number of nitrogens with zero attached hydrogens (tertiary/aromatic N) is 1. The second-order valence-electron chi connectivity index (χ2n) is 4.56. The monoisotopic (exact) mass is 313 g/mol. The van der Waals surface area contributed by atoms with Gasteiger partial charge < -0.3 is 9.64 Å². The minimum Gasteiger partial charge on any atom is -0.377 e. The van der Waals surface area contributed by atoms with Gasteiger partial charge in [-0.1, -0.05) is 15.9 Å². The molecule has 0 N–H and O–H groups in total. The number of anilines is 1. The maximum Gasteiger partial charge on any atom is 0.161 e. The molecule has 0 atom stereocenters. The maximum atomic E-state index is 11.6. The number of hydrogen-bond acceptors (Lipinski definition) is 3. The third-order valence-electron chi connectivity index (χ3n) is 2.63. The lowest BCUT2D eigenvalue weighted by atomic mass is 10.1. The van der Waals surface area contributed by atoms with Crippen LogP contribution in [-0.4, -0.2) is 32.1 Å². The summed E-state index contributed by atoms with van der Waals surface area (Å²) in [5.74, 6) is 0.0779. The van der Waals surface area contributed by atoms with Gasteiger partial charge in [-0.2, -0.15) is 0 Å². The van der Waals surface area contributed by atoms with Gasteiger partial charge in [0.15, 0.2) is 5.78 Å². The smallest absolute Gasteiger partial charge is 0.161 e. The van der Waals surface area contributed by atoms with Gasteiger partial charge in [-0.15, -0.1) is 0 Å². The third kappa shape index (κ3) is 4.42. The van der Waals surface area contributed by atoms with Gasteiger partial charge in [0.25, 0.3) is 0 Å². The Bertz CT molecular complexity index is 418. The first-order valence-corrected chi connectivity index (χ1v) is 6.84. The first kappa shape index (κ1) is 15.2. The van der Waals surface area contributed by atoms with Gasteiger partial charge in [0, 0.05) is 29.3 Å². The predicted octanol–water partition coefficient (Wildman–Crippen LogP) is 3.51. The average Bonchev–Trinajstić information content (AvgIpc) is 2.27. The van der Waals surface area contributed by atoms with Crippen molar-refractivity contribution in [1.29, 1.82) is 0 Å². The minimum atomic E-state index is 0.0779. The molecule has 0 bridgehead atoms. The van der Waals surface area contributed by atoms with Gasteiger partial charge in [0.05, 0.1) is 12.7 Å². The van der Waals surface area contributed by atoms with Crippen LogP contribution in [0.1, 0.15) is 31.1 Å². The summed E-state index contributed by atoms with van der Waals surface area (Å²) in [5, 5.41) is 0. The molecule has 1 aromatic rings. The largest absolute Gasteiger partial charge is 0.377 e. The molecule has 100 valence electrons. The molecule has 0 aliphatic heterocycles. The number of likely N-dealkylation sites (N-methyl/N-ethyl adjacent to an activating group) is 1. The van der Waals surface area contributed by atoms with Gasteiger partial charge in [-0.3, -0.25) is 4.79 Å². The van der Waals surface area contributed by atoms with Crippen molar-refractivity contribution in [2.45, 2.75) is 26.9 Å². The lowest BCUT2D eigenvalue weighted by Crippen LogP contribution is -2.25. The van der Waals surface area contributed by atoms with Crippen LogP contribution in [0.4, 0.5) is 5.69 Å². The Labute approximate surface area is 117 Å². The van der Waals surface area contributed by atoms with E-state index in [1.54, 1.807) is 6.92 Å². The number of rotatable bonds is 6. The van der Waals surface area contributed by atoms with E-state index in [0.717, 1.165) is 22.3 Å². The molecular formula is C14H20BrNO2. The molecule has 0 radical (unpaired) electrons. The Morgan fingerprint density at radius 3 is 2.67 bits per heavy atom. The molecule has 0 aliphatic rings. The zero-order valence-corrected chi connectivity index (χ0v) is 13.0. The number of carbonyl (C=O) groups excluding carboxylic acids is 1. The number of Topliss-reactive ketones (excluding diaryl/α,β-unsaturated/α-hetero) is 1. The Hall–Kier alpha value is -0.870. The highest BCUT2D eigenvalue weighted by Crippen LogP contribution is 2.24. The summed E-state index contributed by atoms with van der Waals surface area (Å²) in [5.41, 5.74) is 1.68. The van der Waals surface area contributed by atoms with E-state index in [2.05, 4.69) is 15.9 Å². The first-order valence-electron chi connectivity index (χ1n) is 6.05. The van der Waals surface area contributed by atoms with Crippen molar-refractivity contribution in [2.75, 3.05) is 25.1 Å². The fraction of sp³-hybridized carbons (Fsp3) is 0.500. The molecule has 3 nitrogen and oxygen atoms in total. The number of halogens is 1. The maximum absolute atomic E-state index is 11.6. The number of benzene rings is 1.